The molecule has 0 aliphatic rings. The van der Waals surface area contributed by atoms with Gasteiger partial charge in [0.15, 0.2) is 5.16 Å². The number of carboxylic acids is 1. The van der Waals surface area contributed by atoms with Crippen molar-refractivity contribution < 1.29 is 9.90 Å². The fourth-order valence-corrected chi connectivity index (χ4v) is 2.86. The summed E-state index contributed by atoms with van der Waals surface area (Å²) in [6.45, 7) is 6.41. The Morgan fingerprint density at radius 3 is 2.74 bits per heavy atom. The molecule has 1 aromatic heterocycles. The Bertz CT molecular complexity index is 605. The number of benzene rings is 1. The highest BCUT2D eigenvalue weighted by Gasteiger charge is 2.24. The lowest BCUT2D eigenvalue weighted by molar-refractivity contribution is -0.133. The molecule has 4 nitrogen and oxygen atoms in total. The quantitative estimate of drug-likeness (QED) is 0.852. The molecule has 1 aromatic carbocycles. The van der Waals surface area contributed by atoms with E-state index in [-0.39, 0.29) is 11.3 Å². The van der Waals surface area contributed by atoms with Gasteiger partial charge in [-0.25, -0.2) is 4.98 Å². The molecular formula is C14H18N2O2S. The van der Waals surface area contributed by atoms with Gasteiger partial charge in [0.05, 0.1) is 16.8 Å². The van der Waals surface area contributed by atoms with Gasteiger partial charge in [0, 0.05) is 5.54 Å². The first-order valence-corrected chi connectivity index (χ1v) is 7.27. The van der Waals surface area contributed by atoms with E-state index in [4.69, 9.17) is 5.11 Å². The SMILES string of the molecule is CCC(C)(C)n1c(SCC(=O)O)nc2ccccc21. The number of carbonyl (C=O) groups is 1. The van der Waals surface area contributed by atoms with E-state index in [1.54, 1.807) is 0 Å². The second-order valence-corrected chi connectivity index (χ2v) is 6.01. The average molecular weight is 278 g/mol. The summed E-state index contributed by atoms with van der Waals surface area (Å²) >= 11 is 1.28. The van der Waals surface area contributed by atoms with Crippen LogP contribution in [-0.2, 0) is 10.3 Å². The van der Waals surface area contributed by atoms with Crippen molar-refractivity contribution >= 4 is 28.8 Å². The molecule has 2 rings (SSSR count). The third-order valence-electron chi connectivity index (χ3n) is 3.33. The number of aromatic nitrogens is 2. The van der Waals surface area contributed by atoms with Crippen molar-refractivity contribution in [2.24, 2.45) is 0 Å². The molecule has 0 unspecified atom stereocenters. The van der Waals surface area contributed by atoms with Crippen molar-refractivity contribution in [1.82, 2.24) is 9.55 Å². The third-order valence-corrected chi connectivity index (χ3v) is 4.25. The third kappa shape index (κ3) is 2.76. The highest BCUT2D eigenvalue weighted by molar-refractivity contribution is 7.99. The maximum atomic E-state index is 10.8. The fourth-order valence-electron chi connectivity index (χ4n) is 1.97. The number of imidazole rings is 1. The number of hydrogen-bond donors (Lipinski definition) is 1. The van der Waals surface area contributed by atoms with E-state index in [2.05, 4.69) is 30.3 Å². The Morgan fingerprint density at radius 2 is 2.11 bits per heavy atom. The molecule has 5 heteroatoms. The van der Waals surface area contributed by atoms with E-state index in [0.29, 0.717) is 0 Å². The van der Waals surface area contributed by atoms with E-state index in [1.165, 1.54) is 11.8 Å². The van der Waals surface area contributed by atoms with Gasteiger partial charge < -0.3 is 9.67 Å². The summed E-state index contributed by atoms with van der Waals surface area (Å²) in [6.07, 6.45) is 0.952. The monoisotopic (exact) mass is 278 g/mol. The minimum Gasteiger partial charge on any atom is -0.481 e. The molecule has 1 heterocycles. The second-order valence-electron chi connectivity index (χ2n) is 5.07. The van der Waals surface area contributed by atoms with Gasteiger partial charge in [0.2, 0.25) is 0 Å². The van der Waals surface area contributed by atoms with E-state index in [9.17, 15) is 4.79 Å². The first kappa shape index (κ1) is 13.9. The minimum absolute atomic E-state index is 0.0309. The van der Waals surface area contributed by atoms with Crippen LogP contribution in [0.1, 0.15) is 27.2 Å². The lowest BCUT2D eigenvalue weighted by atomic mass is 10.0. The maximum Gasteiger partial charge on any atom is 0.313 e. The molecule has 0 aliphatic carbocycles. The Kier molecular flexibility index (Phi) is 3.85. The summed E-state index contributed by atoms with van der Waals surface area (Å²) in [5.74, 6) is -0.791. The molecule has 0 saturated heterocycles. The average Bonchev–Trinajstić information content (AvgIpc) is 2.75. The number of fused-ring (bicyclic) bond motifs is 1. The van der Waals surface area contributed by atoms with Crippen molar-refractivity contribution in [2.75, 3.05) is 5.75 Å². The van der Waals surface area contributed by atoms with Crippen molar-refractivity contribution in [3.8, 4) is 0 Å². The first-order valence-electron chi connectivity index (χ1n) is 6.28. The van der Waals surface area contributed by atoms with Gasteiger partial charge in [0.25, 0.3) is 0 Å². The largest absolute Gasteiger partial charge is 0.481 e. The summed E-state index contributed by atoms with van der Waals surface area (Å²) in [5.41, 5.74) is 1.89. The highest BCUT2D eigenvalue weighted by atomic mass is 32.2. The van der Waals surface area contributed by atoms with Crippen LogP contribution in [-0.4, -0.2) is 26.4 Å². The van der Waals surface area contributed by atoms with Gasteiger partial charge in [-0.15, -0.1) is 0 Å². The van der Waals surface area contributed by atoms with Crippen molar-refractivity contribution in [2.45, 2.75) is 37.9 Å². The number of carboxylic acid groups (broad SMARTS) is 1. The zero-order valence-electron chi connectivity index (χ0n) is 11.4. The Morgan fingerprint density at radius 1 is 1.42 bits per heavy atom. The zero-order valence-corrected chi connectivity index (χ0v) is 12.2. The van der Waals surface area contributed by atoms with E-state index in [1.807, 2.05) is 24.3 Å². The molecule has 2 aromatic rings. The van der Waals surface area contributed by atoms with Gasteiger partial charge >= 0.3 is 5.97 Å². The molecule has 1 N–H and O–H groups in total. The van der Waals surface area contributed by atoms with Crippen LogP contribution in [0, 0.1) is 0 Å². The van der Waals surface area contributed by atoms with Crippen LogP contribution in [0.25, 0.3) is 11.0 Å². The molecule has 0 saturated carbocycles. The Balaban J connectivity index is 2.55. The molecular weight excluding hydrogens is 260 g/mol. The predicted molar refractivity (Wildman–Crippen MR) is 77.7 cm³/mol. The fraction of sp³-hybridized carbons (Fsp3) is 0.429. The van der Waals surface area contributed by atoms with Crippen LogP contribution >= 0.6 is 11.8 Å². The van der Waals surface area contributed by atoms with Gasteiger partial charge in [-0.1, -0.05) is 30.8 Å². The molecule has 102 valence electrons. The van der Waals surface area contributed by atoms with Crippen molar-refractivity contribution in [1.29, 1.82) is 0 Å². The summed E-state index contributed by atoms with van der Waals surface area (Å²) < 4.78 is 2.15. The number of hydrogen-bond acceptors (Lipinski definition) is 3. The minimum atomic E-state index is -0.821. The van der Waals surface area contributed by atoms with Crippen LogP contribution in [0.2, 0.25) is 0 Å². The van der Waals surface area contributed by atoms with Crippen LogP contribution < -0.4 is 0 Å². The summed E-state index contributed by atoms with van der Waals surface area (Å²) in [7, 11) is 0. The van der Waals surface area contributed by atoms with Gasteiger partial charge in [-0.05, 0) is 32.4 Å². The standard InChI is InChI=1S/C14H18N2O2S/c1-4-14(2,3)16-11-8-6-5-7-10(11)15-13(16)19-9-12(17)18/h5-8H,4,9H2,1-3H3,(H,17,18). The number of rotatable bonds is 5. The molecule has 19 heavy (non-hydrogen) atoms. The first-order chi connectivity index (χ1) is 8.95. The number of aliphatic carboxylic acids is 1. The number of para-hydroxylation sites is 2. The lowest BCUT2D eigenvalue weighted by Gasteiger charge is -2.27. The van der Waals surface area contributed by atoms with E-state index < -0.39 is 5.97 Å². The highest BCUT2D eigenvalue weighted by Crippen LogP contribution is 2.32. The molecule has 0 radical (unpaired) electrons. The Labute approximate surface area is 116 Å². The van der Waals surface area contributed by atoms with Gasteiger partial charge in [-0.2, -0.15) is 0 Å². The number of thioether (sulfide) groups is 1. The van der Waals surface area contributed by atoms with Crippen LogP contribution in [0.4, 0.5) is 0 Å². The molecule has 0 aliphatic heterocycles. The molecule has 0 atom stereocenters. The predicted octanol–water partition coefficient (Wildman–Crippen LogP) is 3.36. The van der Waals surface area contributed by atoms with Crippen LogP contribution in [0.3, 0.4) is 0 Å². The van der Waals surface area contributed by atoms with Gasteiger partial charge in [0.1, 0.15) is 0 Å². The summed E-state index contributed by atoms with van der Waals surface area (Å²) in [5, 5.41) is 9.62. The van der Waals surface area contributed by atoms with Crippen LogP contribution in [0.5, 0.6) is 0 Å². The van der Waals surface area contributed by atoms with E-state index in [0.717, 1.165) is 22.6 Å². The summed E-state index contributed by atoms with van der Waals surface area (Å²) in [6, 6.07) is 7.93. The van der Waals surface area contributed by atoms with E-state index >= 15 is 0 Å². The van der Waals surface area contributed by atoms with Crippen LogP contribution in [0.15, 0.2) is 29.4 Å². The summed E-state index contributed by atoms with van der Waals surface area (Å²) in [4.78, 5) is 15.3. The topological polar surface area (TPSA) is 55.1 Å². The lowest BCUT2D eigenvalue weighted by Crippen LogP contribution is -2.26. The Hall–Kier alpha value is -1.49. The normalized spacial score (nSPS) is 11.9. The van der Waals surface area contributed by atoms with Gasteiger partial charge in [-0.3, -0.25) is 4.79 Å². The zero-order chi connectivity index (χ0) is 14.0. The number of nitrogens with zero attached hydrogens (tertiary/aromatic N) is 2. The van der Waals surface area contributed by atoms with Crippen molar-refractivity contribution in [3.63, 3.8) is 0 Å². The van der Waals surface area contributed by atoms with Crippen molar-refractivity contribution in [3.05, 3.63) is 24.3 Å². The molecule has 0 fully saturated rings. The smallest absolute Gasteiger partial charge is 0.313 e. The molecule has 0 amide bonds. The molecule has 0 spiro atoms. The maximum absolute atomic E-state index is 10.8. The molecule has 0 bridgehead atoms. The second kappa shape index (κ2) is 5.25.